The van der Waals surface area contributed by atoms with Crippen LogP contribution in [0.1, 0.15) is 6.42 Å². The van der Waals surface area contributed by atoms with Crippen molar-refractivity contribution in [2.75, 3.05) is 10.2 Å². The quantitative estimate of drug-likeness (QED) is 0.863. The molecule has 1 fully saturated rings. The molecule has 1 saturated heterocycles. The highest BCUT2D eigenvalue weighted by Gasteiger charge is 2.39. The number of benzene rings is 2. The van der Waals surface area contributed by atoms with Crippen molar-refractivity contribution in [2.24, 2.45) is 0 Å². The van der Waals surface area contributed by atoms with Gasteiger partial charge >= 0.3 is 0 Å². The minimum atomic E-state index is -0.571. The second-order valence-corrected chi connectivity index (χ2v) is 6.66. The van der Waals surface area contributed by atoms with Crippen LogP contribution in [0.2, 0.25) is 0 Å². The van der Waals surface area contributed by atoms with Gasteiger partial charge in [0, 0.05) is 11.4 Å². The number of para-hydroxylation sites is 2. The first kappa shape index (κ1) is 15.7. The summed E-state index contributed by atoms with van der Waals surface area (Å²) < 4.78 is 0.485. The Morgan fingerprint density at radius 1 is 1.09 bits per heavy atom. The number of hydrogen-bond donors (Lipinski definition) is 1. The number of carbonyl (C=O) groups excluding carboxylic acids is 2. The van der Waals surface area contributed by atoms with E-state index in [1.165, 1.54) is 0 Å². The molecule has 1 unspecified atom stereocenters. The summed E-state index contributed by atoms with van der Waals surface area (Å²) in [6.45, 7) is 0. The molecule has 1 aliphatic rings. The van der Waals surface area contributed by atoms with E-state index in [1.807, 2.05) is 60.7 Å². The van der Waals surface area contributed by atoms with Gasteiger partial charge in [0.15, 0.2) is 0 Å². The zero-order chi connectivity index (χ0) is 16.2. The van der Waals surface area contributed by atoms with Gasteiger partial charge in [0.25, 0.3) is 0 Å². The van der Waals surface area contributed by atoms with Crippen molar-refractivity contribution in [3.8, 4) is 0 Å². The van der Waals surface area contributed by atoms with E-state index in [2.05, 4.69) is 5.32 Å². The first-order chi connectivity index (χ1) is 11.1. The van der Waals surface area contributed by atoms with Crippen LogP contribution in [-0.2, 0) is 9.59 Å². The topological polar surface area (TPSA) is 49.4 Å². The Morgan fingerprint density at radius 3 is 2.35 bits per heavy atom. The Hall–Kier alpha value is -2.18. The number of nitrogens with zero attached hydrogens (tertiary/aromatic N) is 1. The second kappa shape index (κ2) is 6.93. The largest absolute Gasteiger partial charge is 0.326 e. The molecule has 1 aliphatic heterocycles. The van der Waals surface area contributed by atoms with Crippen molar-refractivity contribution in [2.45, 2.75) is 12.5 Å². The van der Waals surface area contributed by atoms with Gasteiger partial charge < -0.3 is 10.2 Å². The van der Waals surface area contributed by atoms with E-state index in [4.69, 9.17) is 12.2 Å². The number of rotatable bonds is 4. The van der Waals surface area contributed by atoms with Crippen LogP contribution in [0.15, 0.2) is 60.7 Å². The van der Waals surface area contributed by atoms with Crippen LogP contribution in [0.5, 0.6) is 0 Å². The third-order valence-corrected chi connectivity index (χ3v) is 4.73. The number of hydrogen-bond acceptors (Lipinski definition) is 4. The fraction of sp³-hybridized carbons (Fsp3) is 0.118. The van der Waals surface area contributed by atoms with E-state index in [-0.39, 0.29) is 17.4 Å². The summed E-state index contributed by atoms with van der Waals surface area (Å²) in [5.74, 6) is -0.208. The van der Waals surface area contributed by atoms with Crippen molar-refractivity contribution >= 4 is 50.7 Å². The molecule has 0 radical (unpaired) electrons. The van der Waals surface area contributed by atoms with Gasteiger partial charge in [-0.25, -0.2) is 0 Å². The SMILES string of the molecule is O=C(CC1C(=O)SC(=S)N1c1ccccc1)Nc1ccccc1. The molecule has 116 valence electrons. The molecule has 0 spiro atoms. The van der Waals surface area contributed by atoms with Crippen LogP contribution in [0.25, 0.3) is 0 Å². The van der Waals surface area contributed by atoms with Crippen LogP contribution in [-0.4, -0.2) is 21.4 Å². The van der Waals surface area contributed by atoms with Gasteiger partial charge in [-0.2, -0.15) is 0 Å². The maximum atomic E-state index is 12.3. The van der Waals surface area contributed by atoms with E-state index in [0.29, 0.717) is 10.0 Å². The van der Waals surface area contributed by atoms with Crippen molar-refractivity contribution in [3.63, 3.8) is 0 Å². The first-order valence-corrected chi connectivity index (χ1v) is 8.32. The zero-order valence-electron chi connectivity index (χ0n) is 12.1. The van der Waals surface area contributed by atoms with E-state index < -0.39 is 6.04 Å². The molecule has 0 aromatic heterocycles. The number of carbonyl (C=O) groups is 2. The molecule has 1 heterocycles. The lowest BCUT2D eigenvalue weighted by molar-refractivity contribution is -0.119. The zero-order valence-corrected chi connectivity index (χ0v) is 13.8. The summed E-state index contributed by atoms with van der Waals surface area (Å²) in [6, 6.07) is 18.0. The van der Waals surface area contributed by atoms with E-state index in [1.54, 1.807) is 4.90 Å². The summed E-state index contributed by atoms with van der Waals surface area (Å²) in [7, 11) is 0. The Balaban J connectivity index is 1.75. The van der Waals surface area contributed by atoms with Crippen molar-refractivity contribution < 1.29 is 9.59 Å². The van der Waals surface area contributed by atoms with Crippen LogP contribution in [0, 0.1) is 0 Å². The maximum absolute atomic E-state index is 12.3. The Bertz CT molecular complexity index is 735. The van der Waals surface area contributed by atoms with Gasteiger partial charge in [-0.05, 0) is 36.0 Å². The third kappa shape index (κ3) is 3.60. The van der Waals surface area contributed by atoms with Crippen molar-refractivity contribution in [1.82, 2.24) is 0 Å². The molecule has 1 amide bonds. The standard InChI is InChI=1S/C17H14N2O2S2/c20-15(18-12-7-3-1-4-8-12)11-14-16(21)23-17(22)19(14)13-9-5-2-6-10-13/h1-10,14H,11H2,(H,18,20). The van der Waals surface area contributed by atoms with Crippen LogP contribution >= 0.6 is 24.0 Å². The molecule has 6 heteroatoms. The summed E-state index contributed by atoms with van der Waals surface area (Å²) in [5, 5.41) is 2.71. The predicted octanol–water partition coefficient (Wildman–Crippen LogP) is 3.45. The molecule has 2 aromatic carbocycles. The maximum Gasteiger partial charge on any atom is 0.226 e. The lowest BCUT2D eigenvalue weighted by Crippen LogP contribution is -2.38. The summed E-state index contributed by atoms with van der Waals surface area (Å²) >= 11 is 6.31. The highest BCUT2D eigenvalue weighted by Crippen LogP contribution is 2.33. The van der Waals surface area contributed by atoms with Crippen LogP contribution < -0.4 is 10.2 Å². The van der Waals surface area contributed by atoms with E-state index in [0.717, 1.165) is 17.4 Å². The fourth-order valence-corrected chi connectivity index (χ4v) is 3.70. The van der Waals surface area contributed by atoms with Gasteiger partial charge in [0.1, 0.15) is 10.4 Å². The molecule has 0 bridgehead atoms. The van der Waals surface area contributed by atoms with Crippen LogP contribution in [0.3, 0.4) is 0 Å². The lowest BCUT2D eigenvalue weighted by atomic mass is 10.1. The fourth-order valence-electron chi connectivity index (χ4n) is 2.39. The highest BCUT2D eigenvalue weighted by molar-refractivity contribution is 8.33. The number of nitrogens with one attached hydrogen (secondary N) is 1. The third-order valence-electron chi connectivity index (χ3n) is 3.44. The molecule has 23 heavy (non-hydrogen) atoms. The normalized spacial score (nSPS) is 17.4. The number of amides is 1. The molecule has 1 N–H and O–H groups in total. The van der Waals surface area contributed by atoms with E-state index in [9.17, 15) is 9.59 Å². The molecule has 2 aromatic rings. The highest BCUT2D eigenvalue weighted by atomic mass is 32.2. The van der Waals surface area contributed by atoms with Gasteiger partial charge in [-0.3, -0.25) is 9.59 Å². The van der Waals surface area contributed by atoms with Gasteiger partial charge in [0.05, 0.1) is 6.42 Å². The molecule has 1 atom stereocenters. The molecule has 3 rings (SSSR count). The molecule has 0 aliphatic carbocycles. The van der Waals surface area contributed by atoms with Gasteiger partial charge in [-0.1, -0.05) is 48.6 Å². The smallest absolute Gasteiger partial charge is 0.226 e. The monoisotopic (exact) mass is 342 g/mol. The van der Waals surface area contributed by atoms with Crippen LogP contribution in [0.4, 0.5) is 11.4 Å². The first-order valence-electron chi connectivity index (χ1n) is 7.10. The minimum Gasteiger partial charge on any atom is -0.326 e. The summed E-state index contributed by atoms with van der Waals surface area (Å²) in [4.78, 5) is 26.2. The summed E-state index contributed by atoms with van der Waals surface area (Å²) in [6.07, 6.45) is 0.0652. The Kier molecular flexibility index (Phi) is 4.73. The predicted molar refractivity (Wildman–Crippen MR) is 97.6 cm³/mol. The van der Waals surface area contributed by atoms with E-state index >= 15 is 0 Å². The summed E-state index contributed by atoms with van der Waals surface area (Å²) in [5.41, 5.74) is 1.54. The number of thioether (sulfide) groups is 1. The minimum absolute atomic E-state index is 0.0652. The number of thiocarbonyl (C=S) groups is 1. The second-order valence-electron chi connectivity index (χ2n) is 5.03. The average Bonchev–Trinajstić information content (AvgIpc) is 2.83. The average molecular weight is 342 g/mol. The molecule has 4 nitrogen and oxygen atoms in total. The molecular formula is C17H14N2O2S2. The molecular weight excluding hydrogens is 328 g/mol. The molecule has 0 saturated carbocycles. The Labute approximate surface area is 143 Å². The lowest BCUT2D eigenvalue weighted by Gasteiger charge is -2.23. The van der Waals surface area contributed by atoms with Gasteiger partial charge in [-0.15, -0.1) is 0 Å². The van der Waals surface area contributed by atoms with Crippen molar-refractivity contribution in [1.29, 1.82) is 0 Å². The van der Waals surface area contributed by atoms with Gasteiger partial charge in [0.2, 0.25) is 11.0 Å². The Morgan fingerprint density at radius 2 is 1.70 bits per heavy atom. The number of anilines is 2. The van der Waals surface area contributed by atoms with Crippen molar-refractivity contribution in [3.05, 3.63) is 60.7 Å².